The molecule has 1 aliphatic heterocycles. The molecular formula is C11H22O. The first kappa shape index (κ1) is 10.0. The van der Waals surface area contributed by atoms with Crippen LogP contribution in [-0.4, -0.2) is 12.7 Å². The van der Waals surface area contributed by atoms with Crippen molar-refractivity contribution in [2.75, 3.05) is 6.61 Å². The van der Waals surface area contributed by atoms with Crippen molar-refractivity contribution in [2.45, 2.75) is 58.5 Å². The van der Waals surface area contributed by atoms with Crippen LogP contribution in [-0.2, 0) is 4.74 Å². The molecule has 1 nitrogen and oxygen atoms in total. The van der Waals surface area contributed by atoms with Gasteiger partial charge in [-0.3, -0.25) is 0 Å². The lowest BCUT2D eigenvalue weighted by Crippen LogP contribution is -2.04. The molecule has 72 valence electrons. The molecule has 1 rings (SSSR count). The lowest BCUT2D eigenvalue weighted by atomic mass is 10.0. The summed E-state index contributed by atoms with van der Waals surface area (Å²) < 4.78 is 5.56. The van der Waals surface area contributed by atoms with Gasteiger partial charge in [-0.25, -0.2) is 0 Å². The number of unbranched alkanes of at least 4 members (excludes halogenated alkanes) is 1. The highest BCUT2D eigenvalue weighted by atomic mass is 16.5. The summed E-state index contributed by atoms with van der Waals surface area (Å²) in [7, 11) is 0. The van der Waals surface area contributed by atoms with E-state index >= 15 is 0 Å². The molecule has 0 aromatic heterocycles. The van der Waals surface area contributed by atoms with E-state index in [9.17, 15) is 0 Å². The molecule has 0 radical (unpaired) electrons. The van der Waals surface area contributed by atoms with Crippen molar-refractivity contribution in [1.82, 2.24) is 0 Å². The summed E-state index contributed by atoms with van der Waals surface area (Å²) in [5.74, 6) is 0.870. The predicted octanol–water partition coefficient (Wildman–Crippen LogP) is 3.38. The Morgan fingerprint density at radius 2 is 2.17 bits per heavy atom. The summed E-state index contributed by atoms with van der Waals surface area (Å²) in [6.07, 6.45) is 8.63. The fourth-order valence-corrected chi connectivity index (χ4v) is 1.80. The summed E-state index contributed by atoms with van der Waals surface area (Å²) in [5.41, 5.74) is 0. The Morgan fingerprint density at radius 1 is 1.33 bits per heavy atom. The highest BCUT2D eigenvalue weighted by Crippen LogP contribution is 2.18. The van der Waals surface area contributed by atoms with Crippen LogP contribution < -0.4 is 0 Å². The van der Waals surface area contributed by atoms with Crippen molar-refractivity contribution in [2.24, 2.45) is 5.92 Å². The smallest absolute Gasteiger partial charge is 0.0576 e. The van der Waals surface area contributed by atoms with Crippen molar-refractivity contribution in [3.8, 4) is 0 Å². The van der Waals surface area contributed by atoms with Crippen LogP contribution in [0.5, 0.6) is 0 Å². The number of ether oxygens (including phenoxy) is 1. The minimum atomic E-state index is 0.608. The third-order valence-corrected chi connectivity index (χ3v) is 2.58. The monoisotopic (exact) mass is 170 g/mol. The second-order valence-electron chi connectivity index (χ2n) is 4.31. The molecule has 0 bridgehead atoms. The summed E-state index contributed by atoms with van der Waals surface area (Å²) in [6.45, 7) is 5.60. The van der Waals surface area contributed by atoms with E-state index in [0.29, 0.717) is 6.10 Å². The molecule has 0 saturated carbocycles. The van der Waals surface area contributed by atoms with Crippen molar-refractivity contribution in [3.05, 3.63) is 0 Å². The number of hydrogen-bond acceptors (Lipinski definition) is 1. The van der Waals surface area contributed by atoms with Gasteiger partial charge in [0.05, 0.1) is 6.10 Å². The third kappa shape index (κ3) is 4.10. The number of hydrogen-bond donors (Lipinski definition) is 0. The summed E-state index contributed by atoms with van der Waals surface area (Å²) in [4.78, 5) is 0. The summed E-state index contributed by atoms with van der Waals surface area (Å²) in [6, 6.07) is 0. The van der Waals surface area contributed by atoms with Crippen LogP contribution in [0.2, 0.25) is 0 Å². The summed E-state index contributed by atoms with van der Waals surface area (Å²) in [5, 5.41) is 0. The van der Waals surface area contributed by atoms with E-state index in [1.807, 2.05) is 0 Å². The molecule has 0 aliphatic carbocycles. The summed E-state index contributed by atoms with van der Waals surface area (Å²) >= 11 is 0. The normalized spacial score (nSPS) is 23.8. The Morgan fingerprint density at radius 3 is 2.75 bits per heavy atom. The van der Waals surface area contributed by atoms with Gasteiger partial charge in [0.25, 0.3) is 0 Å². The van der Waals surface area contributed by atoms with E-state index in [4.69, 9.17) is 4.74 Å². The van der Waals surface area contributed by atoms with E-state index in [1.54, 1.807) is 0 Å². The molecule has 1 heteroatoms. The molecule has 1 heterocycles. The Labute approximate surface area is 76.5 Å². The molecule has 0 aromatic carbocycles. The van der Waals surface area contributed by atoms with Crippen LogP contribution in [0.1, 0.15) is 52.4 Å². The Bertz CT molecular complexity index is 104. The maximum Gasteiger partial charge on any atom is 0.0576 e. The topological polar surface area (TPSA) is 9.23 Å². The largest absolute Gasteiger partial charge is 0.378 e. The van der Waals surface area contributed by atoms with Crippen molar-refractivity contribution >= 4 is 0 Å². The second-order valence-corrected chi connectivity index (χ2v) is 4.31. The Balaban J connectivity index is 1.88. The van der Waals surface area contributed by atoms with Gasteiger partial charge < -0.3 is 4.74 Å². The highest BCUT2D eigenvalue weighted by Gasteiger charge is 2.14. The van der Waals surface area contributed by atoms with E-state index in [1.165, 1.54) is 38.5 Å². The van der Waals surface area contributed by atoms with Gasteiger partial charge in [0.1, 0.15) is 0 Å². The first-order valence-corrected chi connectivity index (χ1v) is 5.40. The van der Waals surface area contributed by atoms with Crippen LogP contribution in [0.25, 0.3) is 0 Å². The zero-order valence-corrected chi connectivity index (χ0v) is 8.51. The minimum Gasteiger partial charge on any atom is -0.378 e. The van der Waals surface area contributed by atoms with Gasteiger partial charge in [-0.05, 0) is 25.2 Å². The molecule has 1 saturated heterocycles. The molecule has 0 aromatic rings. The molecule has 12 heavy (non-hydrogen) atoms. The van der Waals surface area contributed by atoms with Gasteiger partial charge in [0.2, 0.25) is 0 Å². The van der Waals surface area contributed by atoms with Crippen LogP contribution in [0, 0.1) is 5.92 Å². The maximum atomic E-state index is 5.56. The highest BCUT2D eigenvalue weighted by molar-refractivity contribution is 4.64. The molecule has 0 N–H and O–H groups in total. The van der Waals surface area contributed by atoms with Gasteiger partial charge in [-0.15, -0.1) is 0 Å². The number of rotatable bonds is 5. The van der Waals surface area contributed by atoms with Crippen molar-refractivity contribution in [1.29, 1.82) is 0 Å². The first-order valence-electron chi connectivity index (χ1n) is 5.40. The molecule has 1 atom stereocenters. The van der Waals surface area contributed by atoms with Gasteiger partial charge in [-0.2, -0.15) is 0 Å². The van der Waals surface area contributed by atoms with Gasteiger partial charge >= 0.3 is 0 Å². The van der Waals surface area contributed by atoms with Crippen LogP contribution >= 0.6 is 0 Å². The predicted molar refractivity (Wildman–Crippen MR) is 52.3 cm³/mol. The zero-order valence-electron chi connectivity index (χ0n) is 8.51. The fourth-order valence-electron chi connectivity index (χ4n) is 1.80. The van der Waals surface area contributed by atoms with Crippen LogP contribution in [0.3, 0.4) is 0 Å². The van der Waals surface area contributed by atoms with E-state index in [-0.39, 0.29) is 0 Å². The molecule has 1 fully saturated rings. The van der Waals surface area contributed by atoms with Crippen molar-refractivity contribution < 1.29 is 4.74 Å². The van der Waals surface area contributed by atoms with Crippen molar-refractivity contribution in [3.63, 3.8) is 0 Å². The van der Waals surface area contributed by atoms with Crippen LogP contribution in [0.15, 0.2) is 0 Å². The minimum absolute atomic E-state index is 0.608. The molecule has 0 spiro atoms. The van der Waals surface area contributed by atoms with E-state index in [0.717, 1.165) is 12.5 Å². The Kier molecular flexibility index (Phi) is 4.67. The molecule has 1 aliphatic rings. The molecule has 1 unspecified atom stereocenters. The zero-order chi connectivity index (χ0) is 8.81. The lowest BCUT2D eigenvalue weighted by Gasteiger charge is -2.09. The molecule has 0 amide bonds. The average Bonchev–Trinajstić information content (AvgIpc) is 2.49. The maximum absolute atomic E-state index is 5.56. The second kappa shape index (κ2) is 5.58. The SMILES string of the molecule is CC(C)CCCCC1CCCO1. The molecular weight excluding hydrogens is 148 g/mol. The van der Waals surface area contributed by atoms with E-state index in [2.05, 4.69) is 13.8 Å². The standard InChI is InChI=1S/C11H22O/c1-10(2)6-3-4-7-11-8-5-9-12-11/h10-11H,3-9H2,1-2H3. The Hall–Kier alpha value is -0.0400. The third-order valence-electron chi connectivity index (χ3n) is 2.58. The van der Waals surface area contributed by atoms with Gasteiger partial charge in [0, 0.05) is 6.61 Å². The van der Waals surface area contributed by atoms with Crippen LogP contribution in [0.4, 0.5) is 0 Å². The van der Waals surface area contributed by atoms with E-state index < -0.39 is 0 Å². The first-order chi connectivity index (χ1) is 5.79. The lowest BCUT2D eigenvalue weighted by molar-refractivity contribution is 0.101. The van der Waals surface area contributed by atoms with Gasteiger partial charge in [-0.1, -0.05) is 33.1 Å². The fraction of sp³-hybridized carbons (Fsp3) is 1.00. The average molecular weight is 170 g/mol. The van der Waals surface area contributed by atoms with Gasteiger partial charge in [0.15, 0.2) is 0 Å². The quantitative estimate of drug-likeness (QED) is 0.575.